The van der Waals surface area contributed by atoms with Crippen LogP contribution < -0.4 is 4.90 Å². The topological polar surface area (TPSA) is 53.4 Å². The van der Waals surface area contributed by atoms with Crippen LogP contribution in [0.3, 0.4) is 0 Å². The van der Waals surface area contributed by atoms with Crippen molar-refractivity contribution in [1.82, 2.24) is 4.98 Å². The Labute approximate surface area is 124 Å². The monoisotopic (exact) mass is 284 g/mol. The maximum atomic E-state index is 11.6. The number of benzene rings is 1. The van der Waals surface area contributed by atoms with E-state index >= 15 is 0 Å². The summed E-state index contributed by atoms with van der Waals surface area (Å²) < 4.78 is 0. The number of carboxylic acid groups (broad SMARTS) is 1. The summed E-state index contributed by atoms with van der Waals surface area (Å²) in [5.74, 6) is -0.217. The van der Waals surface area contributed by atoms with Gasteiger partial charge in [-0.1, -0.05) is 18.2 Å². The molecule has 21 heavy (non-hydrogen) atoms. The van der Waals surface area contributed by atoms with Gasteiger partial charge in [0, 0.05) is 24.2 Å². The number of rotatable bonds is 5. The molecule has 0 bridgehead atoms. The molecule has 110 valence electrons. The second-order valence-electron chi connectivity index (χ2n) is 6.03. The predicted molar refractivity (Wildman–Crippen MR) is 83.9 cm³/mol. The number of nitrogens with zero attached hydrogens (tertiary/aromatic N) is 2. The molecule has 1 fully saturated rings. The average molecular weight is 284 g/mol. The fourth-order valence-electron chi connectivity index (χ4n) is 2.73. The predicted octanol–water partition coefficient (Wildman–Crippen LogP) is 3.56. The van der Waals surface area contributed by atoms with Crippen LogP contribution in [0.2, 0.25) is 0 Å². The lowest BCUT2D eigenvalue weighted by Crippen LogP contribution is -2.34. The van der Waals surface area contributed by atoms with E-state index in [0.717, 1.165) is 23.1 Å². The molecule has 4 nitrogen and oxygen atoms in total. The quantitative estimate of drug-likeness (QED) is 0.912. The minimum Gasteiger partial charge on any atom is -0.478 e. The summed E-state index contributed by atoms with van der Waals surface area (Å²) in [6.45, 7) is 5.15. The molecular weight excluding hydrogens is 264 g/mol. The van der Waals surface area contributed by atoms with E-state index in [1.54, 1.807) is 0 Å². The Bertz CT molecular complexity index is 678. The first-order chi connectivity index (χ1) is 10.1. The molecule has 0 saturated heterocycles. The number of anilines is 1. The molecular formula is C17H20N2O2. The van der Waals surface area contributed by atoms with Crippen LogP contribution in [0.15, 0.2) is 30.5 Å². The van der Waals surface area contributed by atoms with Crippen LogP contribution in [0.5, 0.6) is 0 Å². The van der Waals surface area contributed by atoms with Crippen LogP contribution in [0, 0.1) is 5.92 Å². The van der Waals surface area contributed by atoms with E-state index in [0.29, 0.717) is 11.5 Å². The van der Waals surface area contributed by atoms with Crippen molar-refractivity contribution >= 4 is 22.6 Å². The highest BCUT2D eigenvalue weighted by molar-refractivity contribution is 6.04. The lowest BCUT2D eigenvalue weighted by Gasteiger charge is -2.31. The lowest BCUT2D eigenvalue weighted by molar-refractivity contribution is 0.0697. The van der Waals surface area contributed by atoms with E-state index in [1.165, 1.54) is 19.0 Å². The number of pyridine rings is 1. The van der Waals surface area contributed by atoms with Crippen LogP contribution in [-0.2, 0) is 0 Å². The summed E-state index contributed by atoms with van der Waals surface area (Å²) in [5.41, 5.74) is 1.96. The zero-order valence-electron chi connectivity index (χ0n) is 12.4. The normalized spacial score (nSPS) is 14.6. The van der Waals surface area contributed by atoms with E-state index in [2.05, 4.69) is 23.7 Å². The van der Waals surface area contributed by atoms with E-state index in [-0.39, 0.29) is 6.04 Å². The highest BCUT2D eigenvalue weighted by Crippen LogP contribution is 2.36. The number of carbonyl (C=O) groups is 1. The first-order valence-electron chi connectivity index (χ1n) is 7.45. The van der Waals surface area contributed by atoms with Crippen molar-refractivity contribution < 1.29 is 9.90 Å². The molecule has 0 unspecified atom stereocenters. The van der Waals surface area contributed by atoms with Gasteiger partial charge >= 0.3 is 5.97 Å². The van der Waals surface area contributed by atoms with Gasteiger partial charge in [0.15, 0.2) is 0 Å². The first kappa shape index (κ1) is 13.9. The Balaban J connectivity index is 2.20. The Morgan fingerprint density at radius 2 is 2.10 bits per heavy atom. The van der Waals surface area contributed by atoms with Crippen molar-refractivity contribution in [1.29, 1.82) is 0 Å². The zero-order chi connectivity index (χ0) is 15.0. The third-order valence-electron chi connectivity index (χ3n) is 4.04. The molecule has 0 amide bonds. The Morgan fingerprint density at radius 1 is 1.38 bits per heavy atom. The molecule has 1 aromatic heterocycles. The van der Waals surface area contributed by atoms with Gasteiger partial charge in [-0.3, -0.25) is 4.98 Å². The van der Waals surface area contributed by atoms with Crippen molar-refractivity contribution in [2.24, 2.45) is 5.92 Å². The fourth-order valence-corrected chi connectivity index (χ4v) is 2.73. The summed E-state index contributed by atoms with van der Waals surface area (Å²) in [6, 6.07) is 8.02. The minimum atomic E-state index is -0.912. The molecule has 1 aliphatic rings. The van der Waals surface area contributed by atoms with Gasteiger partial charge in [0.05, 0.1) is 11.2 Å². The van der Waals surface area contributed by atoms with Gasteiger partial charge in [-0.05, 0) is 38.7 Å². The van der Waals surface area contributed by atoms with Gasteiger partial charge in [0.25, 0.3) is 0 Å². The molecule has 1 N–H and O–H groups in total. The van der Waals surface area contributed by atoms with Crippen LogP contribution in [0.4, 0.5) is 5.69 Å². The smallest absolute Gasteiger partial charge is 0.339 e. The number of para-hydroxylation sites is 1. The summed E-state index contributed by atoms with van der Waals surface area (Å²) in [6.07, 6.45) is 3.98. The molecule has 0 radical (unpaired) electrons. The minimum absolute atomic E-state index is 0.259. The van der Waals surface area contributed by atoms with E-state index in [9.17, 15) is 9.90 Å². The summed E-state index contributed by atoms with van der Waals surface area (Å²) >= 11 is 0. The third-order valence-corrected chi connectivity index (χ3v) is 4.04. The highest BCUT2D eigenvalue weighted by Gasteiger charge is 2.29. The Kier molecular flexibility index (Phi) is 3.53. The van der Waals surface area contributed by atoms with Crippen molar-refractivity contribution in [3.05, 3.63) is 36.0 Å². The number of hydrogen-bond donors (Lipinski definition) is 1. The van der Waals surface area contributed by atoms with Gasteiger partial charge in [0.2, 0.25) is 0 Å². The van der Waals surface area contributed by atoms with Gasteiger partial charge in [-0.2, -0.15) is 0 Å². The molecule has 1 aliphatic carbocycles. The molecule has 3 rings (SSSR count). The number of carboxylic acids is 1. The Morgan fingerprint density at radius 3 is 2.71 bits per heavy atom. The van der Waals surface area contributed by atoms with E-state index < -0.39 is 5.97 Å². The van der Waals surface area contributed by atoms with Crippen LogP contribution in [0.1, 0.15) is 37.0 Å². The molecule has 1 heterocycles. The summed E-state index contributed by atoms with van der Waals surface area (Å²) in [7, 11) is 0. The molecule has 2 aromatic rings. The van der Waals surface area contributed by atoms with Gasteiger partial charge in [0.1, 0.15) is 5.56 Å². The third kappa shape index (κ3) is 2.71. The second-order valence-corrected chi connectivity index (χ2v) is 6.03. The van der Waals surface area contributed by atoms with Crippen molar-refractivity contribution in [3.63, 3.8) is 0 Å². The van der Waals surface area contributed by atoms with Crippen LogP contribution >= 0.6 is 0 Å². The van der Waals surface area contributed by atoms with Crippen molar-refractivity contribution in [3.8, 4) is 0 Å². The van der Waals surface area contributed by atoms with Crippen LogP contribution in [-0.4, -0.2) is 28.6 Å². The number of fused-ring (bicyclic) bond motifs is 1. The number of hydrogen-bond acceptors (Lipinski definition) is 3. The molecule has 4 heteroatoms. The SMILES string of the molecule is CC(C)N(CC1CC1)c1c(C(=O)O)cnc2ccccc12. The summed E-state index contributed by atoms with van der Waals surface area (Å²) in [4.78, 5) is 18.1. The lowest BCUT2D eigenvalue weighted by atomic mass is 10.1. The van der Waals surface area contributed by atoms with E-state index in [1.807, 2.05) is 24.3 Å². The highest BCUT2D eigenvalue weighted by atomic mass is 16.4. The summed E-state index contributed by atoms with van der Waals surface area (Å²) in [5, 5.41) is 10.5. The Hall–Kier alpha value is -2.10. The van der Waals surface area contributed by atoms with Crippen molar-refractivity contribution in [2.75, 3.05) is 11.4 Å². The van der Waals surface area contributed by atoms with Crippen molar-refractivity contribution in [2.45, 2.75) is 32.7 Å². The van der Waals surface area contributed by atoms with E-state index in [4.69, 9.17) is 0 Å². The zero-order valence-corrected chi connectivity index (χ0v) is 12.4. The first-order valence-corrected chi connectivity index (χ1v) is 7.45. The maximum absolute atomic E-state index is 11.6. The van der Waals surface area contributed by atoms with Crippen LogP contribution in [0.25, 0.3) is 10.9 Å². The molecule has 0 spiro atoms. The largest absolute Gasteiger partial charge is 0.478 e. The van der Waals surface area contributed by atoms with Gasteiger partial charge in [-0.25, -0.2) is 4.79 Å². The number of aromatic nitrogens is 1. The standard InChI is InChI=1S/C17H20N2O2/c1-11(2)19(10-12-7-8-12)16-13-5-3-4-6-15(13)18-9-14(16)17(20)21/h3-6,9,11-12H,7-8,10H2,1-2H3,(H,20,21). The molecule has 1 saturated carbocycles. The maximum Gasteiger partial charge on any atom is 0.339 e. The second kappa shape index (κ2) is 5.35. The van der Waals surface area contributed by atoms with Gasteiger partial charge < -0.3 is 10.0 Å². The molecule has 1 aromatic carbocycles. The molecule has 0 atom stereocenters. The average Bonchev–Trinajstić information content (AvgIpc) is 3.27. The number of aromatic carboxylic acids is 1. The van der Waals surface area contributed by atoms with Gasteiger partial charge in [-0.15, -0.1) is 0 Å². The molecule has 0 aliphatic heterocycles. The fraction of sp³-hybridized carbons (Fsp3) is 0.412.